The molecule has 1 heterocycles. The molecule has 1 aromatic heterocycles. The lowest BCUT2D eigenvalue weighted by atomic mass is 9.94. The molecule has 0 bridgehead atoms. The van der Waals surface area contributed by atoms with Gasteiger partial charge in [-0.3, -0.25) is 0 Å². The summed E-state index contributed by atoms with van der Waals surface area (Å²) in [4.78, 5) is 6.69. The molecule has 1 saturated carbocycles. The molecule has 1 aliphatic rings. The summed E-state index contributed by atoms with van der Waals surface area (Å²) in [6, 6.07) is 0.839. The van der Waals surface area contributed by atoms with Crippen LogP contribution in [0, 0.1) is 0 Å². The van der Waals surface area contributed by atoms with Crippen LogP contribution < -0.4 is 5.32 Å². The van der Waals surface area contributed by atoms with Crippen LogP contribution in [0.3, 0.4) is 0 Å². The Morgan fingerprint density at radius 1 is 1.37 bits per heavy atom. The molecule has 1 N–H and O–H groups in total. The zero-order chi connectivity index (χ0) is 13.5. The van der Waals surface area contributed by atoms with Crippen LogP contribution in [0.25, 0.3) is 0 Å². The van der Waals surface area contributed by atoms with Crippen molar-refractivity contribution in [3.05, 3.63) is 18.2 Å². The smallest absolute Gasteiger partial charge is 0.0945 e. The fraction of sp³-hybridized carbons (Fsp3) is 0.800. The molecule has 1 aromatic rings. The van der Waals surface area contributed by atoms with Crippen LogP contribution >= 0.6 is 0 Å². The Morgan fingerprint density at radius 2 is 2.16 bits per heavy atom. The second-order valence-corrected chi connectivity index (χ2v) is 5.80. The molecule has 4 nitrogen and oxygen atoms in total. The molecule has 0 radical (unpaired) electrons. The van der Waals surface area contributed by atoms with E-state index >= 15 is 0 Å². The van der Waals surface area contributed by atoms with Crippen molar-refractivity contribution in [2.45, 2.75) is 51.1 Å². The van der Waals surface area contributed by atoms with Crippen molar-refractivity contribution in [2.75, 3.05) is 20.1 Å². The van der Waals surface area contributed by atoms with Gasteiger partial charge in [-0.05, 0) is 39.4 Å². The van der Waals surface area contributed by atoms with Crippen molar-refractivity contribution in [3.63, 3.8) is 0 Å². The van der Waals surface area contributed by atoms with Crippen LogP contribution in [0.4, 0.5) is 0 Å². The molecular formula is C15H28N4. The van der Waals surface area contributed by atoms with Crippen LogP contribution in [0.15, 0.2) is 12.5 Å². The molecule has 0 spiro atoms. The Morgan fingerprint density at radius 3 is 2.84 bits per heavy atom. The zero-order valence-electron chi connectivity index (χ0n) is 12.4. The van der Waals surface area contributed by atoms with Gasteiger partial charge in [0.05, 0.1) is 12.0 Å². The number of aromatic nitrogens is 2. The second-order valence-electron chi connectivity index (χ2n) is 5.80. The van der Waals surface area contributed by atoms with E-state index in [9.17, 15) is 0 Å². The average molecular weight is 264 g/mol. The Labute approximate surface area is 117 Å². The van der Waals surface area contributed by atoms with E-state index < -0.39 is 0 Å². The number of imidazole rings is 1. The molecule has 0 atom stereocenters. The number of aryl methyl sites for hydroxylation is 1. The highest BCUT2D eigenvalue weighted by Gasteiger charge is 2.16. The lowest BCUT2D eigenvalue weighted by molar-refractivity contribution is 0.189. The van der Waals surface area contributed by atoms with Crippen molar-refractivity contribution >= 4 is 0 Å². The number of hydrogen-bond donors (Lipinski definition) is 1. The number of rotatable bonds is 7. The highest BCUT2D eigenvalue weighted by molar-refractivity contribution is 4.96. The first kappa shape index (κ1) is 14.5. The minimum absolute atomic E-state index is 0.839. The predicted octanol–water partition coefficient (Wildman–Crippen LogP) is 2.16. The molecule has 0 saturated heterocycles. The topological polar surface area (TPSA) is 33.1 Å². The van der Waals surface area contributed by atoms with Crippen molar-refractivity contribution in [2.24, 2.45) is 7.05 Å². The third-order valence-corrected chi connectivity index (χ3v) is 4.29. The lowest BCUT2D eigenvalue weighted by Gasteiger charge is -2.31. The van der Waals surface area contributed by atoms with E-state index in [1.165, 1.54) is 50.8 Å². The Bertz CT molecular complexity index is 355. The molecule has 108 valence electrons. The first-order valence-electron chi connectivity index (χ1n) is 7.63. The van der Waals surface area contributed by atoms with E-state index in [-0.39, 0.29) is 0 Å². The van der Waals surface area contributed by atoms with Crippen molar-refractivity contribution in [3.8, 4) is 0 Å². The summed E-state index contributed by atoms with van der Waals surface area (Å²) in [7, 11) is 4.33. The molecule has 0 aromatic carbocycles. The first-order chi connectivity index (χ1) is 9.27. The molecular weight excluding hydrogens is 236 g/mol. The van der Waals surface area contributed by atoms with Crippen LogP contribution in [0.1, 0.15) is 44.2 Å². The largest absolute Gasteiger partial charge is 0.337 e. The highest BCUT2D eigenvalue weighted by atomic mass is 15.1. The SMILES string of the molecule is CN(CCCNCc1cncn1C)C1CCCCC1. The molecule has 1 fully saturated rings. The quantitative estimate of drug-likeness (QED) is 0.766. The molecule has 4 heteroatoms. The number of hydrogen-bond acceptors (Lipinski definition) is 3. The van der Waals surface area contributed by atoms with E-state index in [1.807, 2.05) is 19.6 Å². The third kappa shape index (κ3) is 4.62. The van der Waals surface area contributed by atoms with Gasteiger partial charge in [0, 0.05) is 25.8 Å². The minimum Gasteiger partial charge on any atom is -0.337 e. The van der Waals surface area contributed by atoms with Crippen LogP contribution in [-0.4, -0.2) is 40.6 Å². The summed E-state index contributed by atoms with van der Waals surface area (Å²) in [5.74, 6) is 0. The van der Waals surface area contributed by atoms with Crippen LogP contribution in [0.2, 0.25) is 0 Å². The van der Waals surface area contributed by atoms with E-state index in [0.717, 1.165) is 19.1 Å². The van der Waals surface area contributed by atoms with E-state index in [2.05, 4.69) is 26.8 Å². The summed E-state index contributed by atoms with van der Waals surface area (Å²) >= 11 is 0. The van der Waals surface area contributed by atoms with Gasteiger partial charge in [0.25, 0.3) is 0 Å². The molecule has 19 heavy (non-hydrogen) atoms. The summed E-state index contributed by atoms with van der Waals surface area (Å²) < 4.78 is 2.07. The van der Waals surface area contributed by atoms with Crippen LogP contribution in [0.5, 0.6) is 0 Å². The van der Waals surface area contributed by atoms with Gasteiger partial charge in [0.2, 0.25) is 0 Å². The molecule has 0 aliphatic heterocycles. The maximum Gasteiger partial charge on any atom is 0.0945 e. The van der Waals surface area contributed by atoms with Gasteiger partial charge in [0.15, 0.2) is 0 Å². The fourth-order valence-corrected chi connectivity index (χ4v) is 2.93. The van der Waals surface area contributed by atoms with E-state index in [0.29, 0.717) is 0 Å². The number of nitrogens with one attached hydrogen (secondary N) is 1. The monoisotopic (exact) mass is 264 g/mol. The third-order valence-electron chi connectivity index (χ3n) is 4.29. The minimum atomic E-state index is 0.839. The lowest BCUT2D eigenvalue weighted by Crippen LogP contribution is -2.35. The van der Waals surface area contributed by atoms with Gasteiger partial charge in [-0.15, -0.1) is 0 Å². The summed E-state index contributed by atoms with van der Waals surface area (Å²) in [6.45, 7) is 3.22. The van der Waals surface area contributed by atoms with Gasteiger partial charge < -0.3 is 14.8 Å². The van der Waals surface area contributed by atoms with Crippen LogP contribution in [-0.2, 0) is 13.6 Å². The molecule has 1 aliphatic carbocycles. The Balaban J connectivity index is 1.55. The van der Waals surface area contributed by atoms with Gasteiger partial charge in [0.1, 0.15) is 0 Å². The molecule has 2 rings (SSSR count). The summed E-state index contributed by atoms with van der Waals surface area (Å²) in [5.41, 5.74) is 1.25. The van der Waals surface area contributed by atoms with Gasteiger partial charge in [-0.1, -0.05) is 19.3 Å². The highest BCUT2D eigenvalue weighted by Crippen LogP contribution is 2.21. The van der Waals surface area contributed by atoms with Crippen molar-refractivity contribution < 1.29 is 0 Å². The fourth-order valence-electron chi connectivity index (χ4n) is 2.93. The normalized spacial score (nSPS) is 17.2. The average Bonchev–Trinajstić information content (AvgIpc) is 2.85. The zero-order valence-corrected chi connectivity index (χ0v) is 12.4. The maximum atomic E-state index is 4.12. The van der Waals surface area contributed by atoms with Crippen molar-refractivity contribution in [1.82, 2.24) is 19.8 Å². The Kier molecular flexibility index (Phi) is 5.86. The maximum absolute atomic E-state index is 4.12. The first-order valence-corrected chi connectivity index (χ1v) is 7.63. The van der Waals surface area contributed by atoms with Crippen molar-refractivity contribution in [1.29, 1.82) is 0 Å². The second kappa shape index (κ2) is 7.65. The van der Waals surface area contributed by atoms with E-state index in [4.69, 9.17) is 0 Å². The standard InChI is InChI=1S/C15H28N4/c1-18(14-7-4-3-5-8-14)10-6-9-16-11-15-12-17-13-19(15)2/h12-14,16H,3-11H2,1-2H3. The van der Waals surface area contributed by atoms with Gasteiger partial charge in [-0.25, -0.2) is 4.98 Å². The van der Waals surface area contributed by atoms with Gasteiger partial charge in [-0.2, -0.15) is 0 Å². The molecule has 0 amide bonds. The number of nitrogens with zero attached hydrogens (tertiary/aromatic N) is 3. The Hall–Kier alpha value is -0.870. The summed E-state index contributed by atoms with van der Waals surface area (Å²) in [6.07, 6.45) is 12.1. The summed E-state index contributed by atoms with van der Waals surface area (Å²) in [5, 5.41) is 3.50. The van der Waals surface area contributed by atoms with Gasteiger partial charge >= 0.3 is 0 Å². The molecule has 0 unspecified atom stereocenters. The predicted molar refractivity (Wildman–Crippen MR) is 79.0 cm³/mol. The van der Waals surface area contributed by atoms with E-state index in [1.54, 1.807) is 0 Å².